The first kappa shape index (κ1) is 23.6. The number of hydrogen-bond acceptors (Lipinski definition) is 9. The Morgan fingerprint density at radius 2 is 1.91 bits per heavy atom. The Bertz CT molecular complexity index is 1280. The summed E-state index contributed by atoms with van der Waals surface area (Å²) in [5.41, 5.74) is 0.283. The van der Waals surface area contributed by atoms with Gasteiger partial charge in [-0.1, -0.05) is 6.07 Å². The largest absolute Gasteiger partial charge is 0.452 e. The van der Waals surface area contributed by atoms with Gasteiger partial charge in [0.05, 0.1) is 15.4 Å². The summed E-state index contributed by atoms with van der Waals surface area (Å²) in [5.74, 6) is -1.68. The zero-order valence-electron chi connectivity index (χ0n) is 15.8. The van der Waals surface area contributed by atoms with Gasteiger partial charge in [-0.3, -0.25) is 24.9 Å². The first-order chi connectivity index (χ1) is 15.1. The summed E-state index contributed by atoms with van der Waals surface area (Å²) in [6.45, 7) is -0.690. The lowest BCUT2D eigenvalue weighted by atomic mass is 10.2. The van der Waals surface area contributed by atoms with Crippen molar-refractivity contribution in [2.75, 3.05) is 16.6 Å². The van der Waals surface area contributed by atoms with Crippen molar-refractivity contribution in [3.63, 3.8) is 0 Å². The van der Waals surface area contributed by atoms with Crippen LogP contribution in [0.4, 0.5) is 15.8 Å². The fourth-order valence-corrected chi connectivity index (χ4v) is 4.41. The number of anilines is 2. The minimum absolute atomic E-state index is 0.0208. The SMILES string of the molecule is O=C(COC(=O)c1cccc(S(=O)(=O)Nc2ccc(I)cc2)c1)Nc1ncc([N+](=O)[O-])s1. The molecule has 0 saturated heterocycles. The third-order valence-corrected chi connectivity index (χ3v) is 6.69. The molecule has 14 heteroatoms. The van der Waals surface area contributed by atoms with E-state index in [9.17, 15) is 28.1 Å². The Labute approximate surface area is 199 Å². The number of carbonyl (C=O) groups is 2. The second-order valence-electron chi connectivity index (χ2n) is 6.03. The van der Waals surface area contributed by atoms with E-state index in [1.807, 2.05) is 0 Å². The van der Waals surface area contributed by atoms with Gasteiger partial charge in [-0.25, -0.2) is 18.2 Å². The van der Waals surface area contributed by atoms with Crippen LogP contribution < -0.4 is 10.0 Å². The minimum atomic E-state index is -3.96. The number of benzene rings is 2. The number of aromatic nitrogens is 1. The first-order valence-corrected chi connectivity index (χ1v) is 12.0. The van der Waals surface area contributed by atoms with Crippen LogP contribution in [0.1, 0.15) is 10.4 Å². The molecule has 32 heavy (non-hydrogen) atoms. The molecule has 0 bridgehead atoms. The fraction of sp³-hybridized carbons (Fsp3) is 0.0556. The van der Waals surface area contributed by atoms with Crippen molar-refractivity contribution in [3.05, 3.63) is 74.0 Å². The summed E-state index contributed by atoms with van der Waals surface area (Å²) in [5, 5.41) is 12.6. The molecule has 3 aromatic rings. The normalized spacial score (nSPS) is 10.9. The van der Waals surface area contributed by atoms with Gasteiger partial charge in [0.1, 0.15) is 6.20 Å². The molecule has 0 spiro atoms. The van der Waals surface area contributed by atoms with Crippen LogP contribution in [-0.2, 0) is 19.6 Å². The van der Waals surface area contributed by atoms with Crippen LogP contribution >= 0.6 is 33.9 Å². The predicted molar refractivity (Wildman–Crippen MR) is 124 cm³/mol. The van der Waals surface area contributed by atoms with Crippen molar-refractivity contribution < 1.29 is 27.7 Å². The highest BCUT2D eigenvalue weighted by atomic mass is 127. The monoisotopic (exact) mass is 588 g/mol. The summed E-state index contributed by atoms with van der Waals surface area (Å²) >= 11 is 2.74. The van der Waals surface area contributed by atoms with Crippen molar-refractivity contribution in [2.24, 2.45) is 0 Å². The summed E-state index contributed by atoms with van der Waals surface area (Å²) < 4.78 is 33.4. The number of sulfonamides is 1. The number of halogens is 1. The van der Waals surface area contributed by atoms with Gasteiger partial charge in [0.2, 0.25) is 0 Å². The molecule has 0 saturated carbocycles. The lowest BCUT2D eigenvalue weighted by Gasteiger charge is -2.10. The molecule has 0 unspecified atom stereocenters. The molecular formula is C18H13IN4O7S2. The van der Waals surface area contributed by atoms with Gasteiger partial charge in [0.15, 0.2) is 11.7 Å². The van der Waals surface area contributed by atoms with E-state index in [-0.39, 0.29) is 20.6 Å². The predicted octanol–water partition coefficient (Wildman–Crippen LogP) is 3.25. The molecule has 166 valence electrons. The smallest absolute Gasteiger partial charge is 0.345 e. The van der Waals surface area contributed by atoms with Crippen LogP contribution in [0.15, 0.2) is 59.6 Å². The number of hydrogen-bond donors (Lipinski definition) is 2. The number of ether oxygens (including phenoxy) is 1. The Morgan fingerprint density at radius 1 is 1.19 bits per heavy atom. The molecule has 11 nitrogen and oxygen atoms in total. The number of thiazole rings is 1. The first-order valence-electron chi connectivity index (χ1n) is 8.60. The van der Waals surface area contributed by atoms with Crippen LogP contribution in [0.5, 0.6) is 0 Å². The molecule has 1 amide bonds. The summed E-state index contributed by atoms with van der Waals surface area (Å²) in [6, 6.07) is 11.8. The van der Waals surface area contributed by atoms with Gasteiger partial charge < -0.3 is 4.74 Å². The van der Waals surface area contributed by atoms with E-state index in [2.05, 4.69) is 37.6 Å². The number of carbonyl (C=O) groups excluding carboxylic acids is 2. The highest BCUT2D eigenvalue weighted by Gasteiger charge is 2.19. The highest BCUT2D eigenvalue weighted by molar-refractivity contribution is 14.1. The third kappa shape index (κ3) is 6.21. The van der Waals surface area contributed by atoms with E-state index in [0.29, 0.717) is 17.0 Å². The van der Waals surface area contributed by atoms with Crippen LogP contribution in [0.2, 0.25) is 0 Å². The Kier molecular flexibility index (Phi) is 7.37. The fourth-order valence-electron chi connectivity index (χ4n) is 2.30. The molecule has 0 aliphatic carbocycles. The maximum Gasteiger partial charge on any atom is 0.345 e. The van der Waals surface area contributed by atoms with Gasteiger partial charge in [-0.05, 0) is 76.4 Å². The standard InChI is InChI=1S/C18H13IN4O7S2/c19-12-4-6-13(7-5-12)22-32(28,29)14-3-1-2-11(8-14)17(25)30-10-15(24)21-18-20-9-16(31-18)23(26)27/h1-9,22H,10H2,(H,20,21,24). The molecule has 0 radical (unpaired) electrons. The van der Waals surface area contributed by atoms with Crippen molar-refractivity contribution in [1.82, 2.24) is 4.98 Å². The summed E-state index contributed by atoms with van der Waals surface area (Å²) in [4.78, 5) is 37.6. The number of rotatable bonds is 8. The molecule has 0 aliphatic rings. The topological polar surface area (TPSA) is 158 Å². The van der Waals surface area contributed by atoms with E-state index >= 15 is 0 Å². The van der Waals surface area contributed by atoms with Crippen LogP contribution in [0.25, 0.3) is 0 Å². The molecule has 1 heterocycles. The van der Waals surface area contributed by atoms with E-state index in [4.69, 9.17) is 4.74 Å². The maximum absolute atomic E-state index is 12.6. The van der Waals surface area contributed by atoms with Gasteiger partial charge in [0.25, 0.3) is 15.9 Å². The third-order valence-electron chi connectivity index (χ3n) is 3.73. The minimum Gasteiger partial charge on any atom is -0.452 e. The Hall–Kier alpha value is -3.11. The van der Waals surface area contributed by atoms with Gasteiger partial charge in [-0.15, -0.1) is 0 Å². The van der Waals surface area contributed by atoms with Crippen LogP contribution in [-0.4, -0.2) is 36.8 Å². The van der Waals surface area contributed by atoms with Crippen molar-refractivity contribution in [1.29, 1.82) is 0 Å². The average Bonchev–Trinajstić information content (AvgIpc) is 3.22. The molecule has 2 N–H and O–H groups in total. The van der Waals surface area contributed by atoms with E-state index < -0.39 is 33.4 Å². The average molecular weight is 588 g/mol. The molecule has 0 fully saturated rings. The second-order valence-corrected chi connectivity index (χ2v) is 9.96. The lowest BCUT2D eigenvalue weighted by molar-refractivity contribution is -0.380. The zero-order valence-corrected chi connectivity index (χ0v) is 19.6. The maximum atomic E-state index is 12.6. The zero-order chi connectivity index (χ0) is 23.3. The van der Waals surface area contributed by atoms with Crippen molar-refractivity contribution >= 4 is 71.6 Å². The van der Waals surface area contributed by atoms with Gasteiger partial charge in [-0.2, -0.15) is 0 Å². The number of esters is 1. The highest BCUT2D eigenvalue weighted by Crippen LogP contribution is 2.24. The lowest BCUT2D eigenvalue weighted by Crippen LogP contribution is -2.21. The Balaban J connectivity index is 1.62. The molecule has 0 atom stereocenters. The molecule has 1 aromatic heterocycles. The summed E-state index contributed by atoms with van der Waals surface area (Å²) in [7, 11) is -3.96. The second kappa shape index (κ2) is 10.0. The number of amides is 1. The number of nitro groups is 1. The van der Waals surface area contributed by atoms with Crippen molar-refractivity contribution in [3.8, 4) is 0 Å². The Morgan fingerprint density at radius 3 is 2.56 bits per heavy atom. The molecule has 2 aromatic carbocycles. The molecule has 0 aliphatic heterocycles. The van der Waals surface area contributed by atoms with Gasteiger partial charge in [0, 0.05) is 9.26 Å². The molecular weight excluding hydrogens is 575 g/mol. The molecule has 3 rings (SSSR count). The quantitative estimate of drug-likeness (QED) is 0.176. The number of nitrogens with zero attached hydrogens (tertiary/aromatic N) is 2. The van der Waals surface area contributed by atoms with Crippen molar-refractivity contribution in [2.45, 2.75) is 4.90 Å². The van der Waals surface area contributed by atoms with E-state index in [1.165, 1.54) is 18.2 Å². The van der Waals surface area contributed by atoms with Crippen LogP contribution in [0.3, 0.4) is 0 Å². The van der Waals surface area contributed by atoms with Crippen LogP contribution in [0, 0.1) is 13.7 Å². The van der Waals surface area contributed by atoms with E-state index in [0.717, 1.165) is 15.8 Å². The number of nitrogens with one attached hydrogen (secondary N) is 2. The van der Waals surface area contributed by atoms with Gasteiger partial charge >= 0.3 is 11.0 Å². The van der Waals surface area contributed by atoms with E-state index in [1.54, 1.807) is 24.3 Å². The summed E-state index contributed by atoms with van der Waals surface area (Å²) in [6.07, 6.45) is 0.989.